The second-order valence-corrected chi connectivity index (χ2v) is 4.96. The average Bonchev–Trinajstić information content (AvgIpc) is 2.23. The zero-order chi connectivity index (χ0) is 12.1. The Bertz CT molecular complexity index is 356. The normalized spacial score (nSPS) is 12.5. The smallest absolute Gasteiger partial charge is 0.120 e. The number of rotatable bonds is 5. The summed E-state index contributed by atoms with van der Waals surface area (Å²) in [6.07, 6.45) is 1.43. The summed E-state index contributed by atoms with van der Waals surface area (Å²) >= 11 is 9.62. The number of carbonyl (C=O) groups excluding carboxylic acids is 1. The molecule has 2 nitrogen and oxygen atoms in total. The predicted octanol–water partition coefficient (Wildman–Crippen LogP) is 3.94. The zero-order valence-corrected chi connectivity index (χ0v) is 11.6. The van der Waals surface area contributed by atoms with Gasteiger partial charge in [0, 0.05) is 28.6 Å². The van der Waals surface area contributed by atoms with Crippen LogP contribution in [-0.4, -0.2) is 13.4 Å². The summed E-state index contributed by atoms with van der Waals surface area (Å²) in [6.45, 7) is 2.48. The molecule has 1 aromatic carbocycles. The molecule has 0 saturated carbocycles. The molecule has 0 aliphatic heterocycles. The van der Waals surface area contributed by atoms with E-state index in [-0.39, 0.29) is 5.92 Å². The van der Waals surface area contributed by atoms with E-state index in [9.17, 15) is 4.79 Å². The predicted molar refractivity (Wildman–Crippen MR) is 69.0 cm³/mol. The van der Waals surface area contributed by atoms with Crippen LogP contribution in [0.5, 0.6) is 0 Å². The summed E-state index contributed by atoms with van der Waals surface area (Å²) < 4.78 is 5.99. The number of halogens is 2. The molecule has 0 fully saturated rings. The first kappa shape index (κ1) is 13.7. The van der Waals surface area contributed by atoms with E-state index in [0.717, 1.165) is 21.9 Å². The second-order valence-electron chi connectivity index (χ2n) is 3.70. The van der Waals surface area contributed by atoms with Gasteiger partial charge >= 0.3 is 0 Å². The van der Waals surface area contributed by atoms with E-state index in [1.54, 1.807) is 7.11 Å². The number of benzene rings is 1. The summed E-state index contributed by atoms with van der Waals surface area (Å²) in [5, 5.41) is 0.670. The Balaban J connectivity index is 3.03. The van der Waals surface area contributed by atoms with Crippen molar-refractivity contribution in [2.75, 3.05) is 7.11 Å². The Hall–Kier alpha value is -0.380. The molecule has 0 aliphatic rings. The zero-order valence-electron chi connectivity index (χ0n) is 9.30. The van der Waals surface area contributed by atoms with E-state index in [0.29, 0.717) is 18.1 Å². The van der Waals surface area contributed by atoms with Crippen molar-refractivity contribution in [3.63, 3.8) is 0 Å². The van der Waals surface area contributed by atoms with Crippen LogP contribution in [0.15, 0.2) is 16.6 Å². The minimum Gasteiger partial charge on any atom is -0.380 e. The van der Waals surface area contributed by atoms with Gasteiger partial charge in [0.25, 0.3) is 0 Å². The lowest BCUT2D eigenvalue weighted by Crippen LogP contribution is -1.98. The van der Waals surface area contributed by atoms with E-state index in [1.165, 1.54) is 0 Å². The first-order valence-corrected chi connectivity index (χ1v) is 6.17. The fraction of sp³-hybridized carbons (Fsp3) is 0.417. The quantitative estimate of drug-likeness (QED) is 0.770. The van der Waals surface area contributed by atoms with E-state index >= 15 is 0 Å². The molecule has 0 aliphatic carbocycles. The van der Waals surface area contributed by atoms with Crippen LogP contribution in [-0.2, 0) is 16.1 Å². The molecule has 1 rings (SSSR count). The van der Waals surface area contributed by atoms with Gasteiger partial charge in [0.05, 0.1) is 6.61 Å². The number of hydrogen-bond acceptors (Lipinski definition) is 2. The van der Waals surface area contributed by atoms with Crippen LogP contribution < -0.4 is 0 Å². The lowest BCUT2D eigenvalue weighted by Gasteiger charge is -2.13. The molecule has 0 spiro atoms. The highest BCUT2D eigenvalue weighted by molar-refractivity contribution is 9.10. The fourth-order valence-corrected chi connectivity index (χ4v) is 2.46. The third-order valence-corrected chi connectivity index (χ3v) is 3.52. The summed E-state index contributed by atoms with van der Waals surface area (Å²) in [5.41, 5.74) is 2.00. The Kier molecular flexibility index (Phi) is 5.46. The molecule has 4 heteroatoms. The maximum atomic E-state index is 10.5. The van der Waals surface area contributed by atoms with Crippen molar-refractivity contribution >= 4 is 33.8 Å². The standard InChI is InChI=1S/C12H14BrClO2/c1-8(3-4-15)9-5-11(13)10(7-16-2)12(14)6-9/h4-6,8H,3,7H2,1-2H3. The molecule has 0 N–H and O–H groups in total. The Morgan fingerprint density at radius 1 is 1.56 bits per heavy atom. The molecular formula is C12H14BrClO2. The number of carbonyl (C=O) groups is 1. The minimum absolute atomic E-state index is 0.183. The van der Waals surface area contributed by atoms with Crippen molar-refractivity contribution in [1.29, 1.82) is 0 Å². The number of aldehydes is 1. The average molecular weight is 306 g/mol. The largest absolute Gasteiger partial charge is 0.380 e. The topological polar surface area (TPSA) is 26.3 Å². The Morgan fingerprint density at radius 2 is 2.25 bits per heavy atom. The molecule has 0 bridgehead atoms. The number of ether oxygens (including phenoxy) is 1. The van der Waals surface area contributed by atoms with Gasteiger partial charge in [-0.1, -0.05) is 34.5 Å². The molecule has 1 unspecified atom stereocenters. The van der Waals surface area contributed by atoms with Gasteiger partial charge in [0.15, 0.2) is 0 Å². The van der Waals surface area contributed by atoms with Gasteiger partial charge in [-0.05, 0) is 23.6 Å². The van der Waals surface area contributed by atoms with Crippen molar-refractivity contribution < 1.29 is 9.53 Å². The molecule has 88 valence electrons. The lowest BCUT2D eigenvalue weighted by atomic mass is 9.97. The van der Waals surface area contributed by atoms with Gasteiger partial charge in [-0.2, -0.15) is 0 Å². The molecule has 1 aromatic rings. The molecule has 0 saturated heterocycles. The maximum absolute atomic E-state index is 10.5. The Morgan fingerprint density at radius 3 is 2.75 bits per heavy atom. The molecule has 0 heterocycles. The van der Waals surface area contributed by atoms with Gasteiger partial charge in [0.1, 0.15) is 6.29 Å². The fourth-order valence-electron chi connectivity index (χ4n) is 1.47. The summed E-state index contributed by atoms with van der Waals surface area (Å²) in [5.74, 6) is 0.183. The van der Waals surface area contributed by atoms with Crippen LogP contribution >= 0.6 is 27.5 Å². The van der Waals surface area contributed by atoms with Crippen LogP contribution in [0.4, 0.5) is 0 Å². The highest BCUT2D eigenvalue weighted by Gasteiger charge is 2.11. The van der Waals surface area contributed by atoms with Crippen molar-refractivity contribution in [1.82, 2.24) is 0 Å². The van der Waals surface area contributed by atoms with Gasteiger partial charge in [-0.25, -0.2) is 0 Å². The minimum atomic E-state index is 0.183. The molecule has 16 heavy (non-hydrogen) atoms. The van der Waals surface area contributed by atoms with E-state index in [4.69, 9.17) is 16.3 Å². The molecule has 0 aromatic heterocycles. The first-order valence-electron chi connectivity index (χ1n) is 5.00. The van der Waals surface area contributed by atoms with Crippen molar-refractivity contribution in [2.45, 2.75) is 25.9 Å². The van der Waals surface area contributed by atoms with Crippen LogP contribution in [0.25, 0.3) is 0 Å². The summed E-state index contributed by atoms with van der Waals surface area (Å²) in [7, 11) is 1.63. The monoisotopic (exact) mass is 304 g/mol. The van der Waals surface area contributed by atoms with Crippen LogP contribution in [0, 0.1) is 0 Å². The van der Waals surface area contributed by atoms with Crippen molar-refractivity contribution in [3.05, 3.63) is 32.8 Å². The van der Waals surface area contributed by atoms with Gasteiger partial charge in [-0.15, -0.1) is 0 Å². The first-order chi connectivity index (χ1) is 7.60. The second kappa shape index (κ2) is 6.38. The lowest BCUT2D eigenvalue weighted by molar-refractivity contribution is -0.108. The maximum Gasteiger partial charge on any atom is 0.120 e. The third kappa shape index (κ3) is 3.30. The van der Waals surface area contributed by atoms with Crippen molar-refractivity contribution in [3.8, 4) is 0 Å². The highest BCUT2D eigenvalue weighted by Crippen LogP contribution is 2.31. The molecule has 0 amide bonds. The highest BCUT2D eigenvalue weighted by atomic mass is 79.9. The van der Waals surface area contributed by atoms with Crippen molar-refractivity contribution in [2.24, 2.45) is 0 Å². The molecular weight excluding hydrogens is 291 g/mol. The number of methoxy groups -OCH3 is 1. The molecule has 0 radical (unpaired) electrons. The Labute approximate surface area is 109 Å². The SMILES string of the molecule is COCc1c(Cl)cc(C(C)CC=O)cc1Br. The van der Waals surface area contributed by atoms with E-state index in [2.05, 4.69) is 15.9 Å². The van der Waals surface area contributed by atoms with Gasteiger partial charge in [-0.3, -0.25) is 0 Å². The van der Waals surface area contributed by atoms with Gasteiger partial charge in [0.2, 0.25) is 0 Å². The van der Waals surface area contributed by atoms with Crippen LogP contribution in [0.3, 0.4) is 0 Å². The van der Waals surface area contributed by atoms with Crippen LogP contribution in [0.1, 0.15) is 30.4 Å². The summed E-state index contributed by atoms with van der Waals surface area (Å²) in [6, 6.07) is 3.89. The third-order valence-electron chi connectivity index (χ3n) is 2.47. The van der Waals surface area contributed by atoms with E-state index < -0.39 is 0 Å². The molecule has 1 atom stereocenters. The van der Waals surface area contributed by atoms with E-state index in [1.807, 2.05) is 19.1 Å². The van der Waals surface area contributed by atoms with Crippen LogP contribution in [0.2, 0.25) is 5.02 Å². The number of hydrogen-bond donors (Lipinski definition) is 0. The summed E-state index contributed by atoms with van der Waals surface area (Å²) in [4.78, 5) is 10.5. The van der Waals surface area contributed by atoms with Gasteiger partial charge < -0.3 is 9.53 Å².